The summed E-state index contributed by atoms with van der Waals surface area (Å²) in [6.45, 7) is 2.14. The molecule has 0 spiro atoms. The van der Waals surface area contributed by atoms with Gasteiger partial charge in [-0.3, -0.25) is 0 Å². The zero-order chi connectivity index (χ0) is 9.47. The summed E-state index contributed by atoms with van der Waals surface area (Å²) in [6.07, 6.45) is 4.56. The van der Waals surface area contributed by atoms with Gasteiger partial charge in [0.15, 0.2) is 0 Å². The van der Waals surface area contributed by atoms with E-state index in [1.807, 2.05) is 6.08 Å². The molecule has 1 saturated carbocycles. The van der Waals surface area contributed by atoms with Crippen LogP contribution in [0.2, 0.25) is 0 Å². The smallest absolute Gasteiger partial charge is 0.336 e. The highest BCUT2D eigenvalue weighted by molar-refractivity contribution is 5.93. The predicted octanol–water partition coefficient (Wildman–Crippen LogP) is 1.02. The van der Waals surface area contributed by atoms with Crippen LogP contribution >= 0.6 is 0 Å². The largest absolute Gasteiger partial charge is 0.463 e. The molecule has 2 rings (SSSR count). The van der Waals surface area contributed by atoms with E-state index in [0.717, 1.165) is 12.8 Å². The Morgan fingerprint density at radius 1 is 1.85 bits per heavy atom. The third-order valence-corrected chi connectivity index (χ3v) is 3.02. The van der Waals surface area contributed by atoms with Crippen LogP contribution in [0.3, 0.4) is 0 Å². The van der Waals surface area contributed by atoms with Crippen molar-refractivity contribution in [3.05, 3.63) is 11.6 Å². The van der Waals surface area contributed by atoms with Gasteiger partial charge >= 0.3 is 5.97 Å². The van der Waals surface area contributed by atoms with Crippen molar-refractivity contribution in [2.45, 2.75) is 31.8 Å². The van der Waals surface area contributed by atoms with E-state index in [1.165, 1.54) is 0 Å². The molecule has 3 heteroatoms. The highest BCUT2D eigenvalue weighted by Crippen LogP contribution is 2.49. The molecule has 2 aliphatic rings. The van der Waals surface area contributed by atoms with Crippen molar-refractivity contribution in [2.75, 3.05) is 6.61 Å². The molecule has 1 N–H and O–H groups in total. The maximum atomic E-state index is 11.3. The van der Waals surface area contributed by atoms with Gasteiger partial charge in [0, 0.05) is 5.92 Å². The van der Waals surface area contributed by atoms with Crippen molar-refractivity contribution in [1.82, 2.24) is 0 Å². The number of hydrogen-bond acceptors (Lipinski definition) is 3. The Labute approximate surface area is 77.4 Å². The zero-order valence-corrected chi connectivity index (χ0v) is 7.75. The number of esters is 1. The van der Waals surface area contributed by atoms with Crippen LogP contribution in [0.5, 0.6) is 0 Å². The third kappa shape index (κ3) is 1.10. The van der Waals surface area contributed by atoms with E-state index >= 15 is 0 Å². The topological polar surface area (TPSA) is 46.5 Å². The lowest BCUT2D eigenvalue weighted by Gasteiger charge is -2.38. The molecule has 0 amide bonds. The number of carbonyl (C=O) groups excluding carboxylic acids is 1. The number of aliphatic hydroxyl groups is 1. The summed E-state index contributed by atoms with van der Waals surface area (Å²) in [5.74, 6) is -0.143. The number of rotatable bonds is 2. The van der Waals surface area contributed by atoms with Gasteiger partial charge in [-0.2, -0.15) is 0 Å². The van der Waals surface area contributed by atoms with Gasteiger partial charge < -0.3 is 9.84 Å². The minimum absolute atomic E-state index is 0.201. The highest BCUT2D eigenvalue weighted by Gasteiger charge is 2.53. The van der Waals surface area contributed by atoms with Crippen molar-refractivity contribution >= 4 is 5.97 Å². The van der Waals surface area contributed by atoms with E-state index in [1.54, 1.807) is 6.92 Å². The van der Waals surface area contributed by atoms with Gasteiger partial charge in [-0.15, -0.1) is 0 Å². The van der Waals surface area contributed by atoms with E-state index < -0.39 is 5.60 Å². The first-order valence-electron chi connectivity index (χ1n) is 4.80. The zero-order valence-electron chi connectivity index (χ0n) is 7.75. The van der Waals surface area contributed by atoms with Gasteiger partial charge in [-0.05, 0) is 26.2 Å². The van der Waals surface area contributed by atoms with Crippen LogP contribution < -0.4 is 0 Å². The van der Waals surface area contributed by atoms with Gasteiger partial charge in [-0.1, -0.05) is 6.08 Å². The average Bonchev–Trinajstić information content (AvgIpc) is 2.33. The first-order chi connectivity index (χ1) is 6.18. The normalized spacial score (nSPS) is 36.2. The fraction of sp³-hybridized carbons (Fsp3) is 0.700. The molecule has 13 heavy (non-hydrogen) atoms. The molecular weight excluding hydrogens is 168 g/mol. The van der Waals surface area contributed by atoms with Crippen molar-refractivity contribution in [2.24, 2.45) is 5.92 Å². The van der Waals surface area contributed by atoms with Crippen molar-refractivity contribution in [1.29, 1.82) is 0 Å². The Balaban J connectivity index is 2.11. The summed E-state index contributed by atoms with van der Waals surface area (Å²) in [5.41, 5.74) is -0.358. The molecule has 2 atom stereocenters. The second-order valence-electron chi connectivity index (χ2n) is 3.72. The molecule has 0 unspecified atom stereocenters. The third-order valence-electron chi connectivity index (χ3n) is 3.02. The lowest BCUT2D eigenvalue weighted by molar-refractivity contribution is -0.143. The van der Waals surface area contributed by atoms with Gasteiger partial charge in [0.25, 0.3) is 0 Å². The SMILES string of the molecule is CCOC(=O)C1=C[C@@H]2CCC[C@]12O. The Bertz CT molecular complexity index is 269. The molecule has 1 fully saturated rings. The molecule has 0 saturated heterocycles. The predicted molar refractivity (Wildman–Crippen MR) is 47.0 cm³/mol. The molecule has 0 aromatic heterocycles. The monoisotopic (exact) mass is 182 g/mol. The van der Waals surface area contributed by atoms with Gasteiger partial charge in [0.2, 0.25) is 0 Å². The molecule has 0 aliphatic heterocycles. The minimum atomic E-state index is -0.841. The van der Waals surface area contributed by atoms with Crippen LogP contribution in [0.25, 0.3) is 0 Å². The fourth-order valence-corrected chi connectivity index (χ4v) is 2.27. The Morgan fingerprint density at radius 2 is 2.62 bits per heavy atom. The van der Waals surface area contributed by atoms with Crippen molar-refractivity contribution < 1.29 is 14.6 Å². The highest BCUT2D eigenvalue weighted by atomic mass is 16.5. The molecule has 0 heterocycles. The van der Waals surface area contributed by atoms with Crippen LogP contribution in [0.15, 0.2) is 11.6 Å². The fourth-order valence-electron chi connectivity index (χ4n) is 2.27. The second kappa shape index (κ2) is 2.84. The summed E-state index contributed by atoms with van der Waals surface area (Å²) in [4.78, 5) is 11.3. The molecule has 0 radical (unpaired) electrons. The summed E-state index contributed by atoms with van der Waals surface area (Å²) < 4.78 is 4.85. The van der Waals surface area contributed by atoms with Crippen molar-refractivity contribution in [3.63, 3.8) is 0 Å². The number of hydrogen-bond donors (Lipinski definition) is 1. The van der Waals surface area contributed by atoms with Gasteiger partial charge in [0.05, 0.1) is 12.2 Å². The average molecular weight is 182 g/mol. The number of carbonyl (C=O) groups is 1. The molecule has 2 aliphatic carbocycles. The summed E-state index contributed by atoms with van der Waals surface area (Å²) in [7, 11) is 0. The first kappa shape index (κ1) is 8.75. The molecule has 0 aromatic carbocycles. The second-order valence-corrected chi connectivity index (χ2v) is 3.72. The first-order valence-corrected chi connectivity index (χ1v) is 4.80. The van der Waals surface area contributed by atoms with Gasteiger partial charge in [-0.25, -0.2) is 4.79 Å². The van der Waals surface area contributed by atoms with Crippen molar-refractivity contribution in [3.8, 4) is 0 Å². The maximum absolute atomic E-state index is 11.3. The number of fused-ring (bicyclic) bond motifs is 1. The maximum Gasteiger partial charge on any atom is 0.336 e. The van der Waals surface area contributed by atoms with Crippen LogP contribution in [0.1, 0.15) is 26.2 Å². The lowest BCUT2D eigenvalue weighted by Crippen LogP contribution is -2.45. The standard InChI is InChI=1S/C10H14O3/c1-2-13-9(11)8-6-7-4-3-5-10(7,8)12/h6-7,12H,2-5H2,1H3/t7-,10+/m0/s1. The quantitative estimate of drug-likeness (QED) is 0.648. The van der Waals surface area contributed by atoms with E-state index in [-0.39, 0.29) is 11.9 Å². The van der Waals surface area contributed by atoms with E-state index in [0.29, 0.717) is 18.6 Å². The summed E-state index contributed by atoms with van der Waals surface area (Å²) in [6, 6.07) is 0. The summed E-state index contributed by atoms with van der Waals surface area (Å²) in [5, 5.41) is 10.0. The van der Waals surface area contributed by atoms with Crippen LogP contribution in [-0.4, -0.2) is 23.3 Å². The Kier molecular flexibility index (Phi) is 1.91. The molecule has 3 nitrogen and oxygen atoms in total. The Morgan fingerprint density at radius 3 is 3.23 bits per heavy atom. The van der Waals surface area contributed by atoms with E-state index in [9.17, 15) is 9.90 Å². The molecule has 0 bridgehead atoms. The molecule has 0 aromatic rings. The van der Waals surface area contributed by atoms with Crippen LogP contribution in [0.4, 0.5) is 0 Å². The summed E-state index contributed by atoms with van der Waals surface area (Å²) >= 11 is 0. The van der Waals surface area contributed by atoms with Gasteiger partial charge in [0.1, 0.15) is 5.60 Å². The van der Waals surface area contributed by atoms with Crippen LogP contribution in [0, 0.1) is 5.92 Å². The van der Waals surface area contributed by atoms with Crippen LogP contribution in [-0.2, 0) is 9.53 Å². The minimum Gasteiger partial charge on any atom is -0.463 e. The Hall–Kier alpha value is -0.830. The number of ether oxygens (including phenoxy) is 1. The van der Waals surface area contributed by atoms with E-state index in [2.05, 4.69) is 0 Å². The molecular formula is C10H14O3. The molecule has 72 valence electrons. The lowest BCUT2D eigenvalue weighted by atomic mass is 9.72. The van der Waals surface area contributed by atoms with E-state index in [4.69, 9.17) is 4.74 Å².